The molecule has 0 atom stereocenters. The molecule has 0 aliphatic heterocycles. The Hall–Kier alpha value is -0.100. The lowest BCUT2D eigenvalue weighted by atomic mass is 10.2. The highest BCUT2D eigenvalue weighted by Crippen LogP contribution is 2.34. The van der Waals surface area contributed by atoms with Crippen LogP contribution in [-0.4, -0.2) is 19.8 Å². The van der Waals surface area contributed by atoms with Crippen LogP contribution in [0.15, 0.2) is 21.1 Å². The second kappa shape index (κ2) is 8.15. The van der Waals surface area contributed by atoms with E-state index in [1.807, 2.05) is 12.1 Å². The lowest BCUT2D eigenvalue weighted by molar-refractivity contribution is 0.0815. The van der Waals surface area contributed by atoms with E-state index in [1.165, 1.54) is 0 Å². The molecule has 5 heteroatoms. The fourth-order valence-electron chi connectivity index (χ4n) is 1.39. The van der Waals surface area contributed by atoms with Crippen LogP contribution in [0.3, 0.4) is 0 Å². The molecule has 0 bridgehead atoms. The third kappa shape index (κ3) is 5.26. The summed E-state index contributed by atoms with van der Waals surface area (Å²) < 4.78 is 13.0. The quantitative estimate of drug-likeness (QED) is 0.733. The third-order valence-electron chi connectivity index (χ3n) is 2.22. The van der Waals surface area contributed by atoms with Gasteiger partial charge in [-0.2, -0.15) is 0 Å². The summed E-state index contributed by atoms with van der Waals surface area (Å²) in [6, 6.07) is 3.93. The molecule has 18 heavy (non-hydrogen) atoms. The molecule has 0 aromatic heterocycles. The first-order valence-electron chi connectivity index (χ1n) is 5.93. The van der Waals surface area contributed by atoms with Crippen LogP contribution < -0.4 is 10.5 Å². The van der Waals surface area contributed by atoms with E-state index < -0.39 is 0 Å². The predicted molar refractivity (Wildman–Crippen MR) is 80.9 cm³/mol. The molecule has 1 aromatic rings. The van der Waals surface area contributed by atoms with Crippen LogP contribution in [0.1, 0.15) is 19.4 Å². The largest absolute Gasteiger partial charge is 0.489 e. The minimum Gasteiger partial charge on any atom is -0.489 e. The Morgan fingerprint density at radius 2 is 1.78 bits per heavy atom. The van der Waals surface area contributed by atoms with Crippen molar-refractivity contribution in [1.29, 1.82) is 0 Å². The van der Waals surface area contributed by atoms with E-state index in [9.17, 15) is 0 Å². The molecule has 0 heterocycles. The molecule has 0 spiro atoms. The molecule has 0 aliphatic rings. The van der Waals surface area contributed by atoms with Crippen LogP contribution >= 0.6 is 31.9 Å². The van der Waals surface area contributed by atoms with Crippen molar-refractivity contribution in [3.8, 4) is 5.75 Å². The summed E-state index contributed by atoms with van der Waals surface area (Å²) in [4.78, 5) is 0. The van der Waals surface area contributed by atoms with Gasteiger partial charge in [0.15, 0.2) is 0 Å². The smallest absolute Gasteiger partial charge is 0.147 e. The standard InChI is InChI=1S/C13H19Br2NO2/c1-9(2)8-17-3-4-18-13-11(14)5-10(7-16)6-12(13)15/h5-6,9H,3-4,7-8,16H2,1-2H3. The second-order valence-corrected chi connectivity index (χ2v) is 6.12. The number of hydrogen-bond donors (Lipinski definition) is 1. The normalized spacial score (nSPS) is 11.0. The average molecular weight is 381 g/mol. The van der Waals surface area contributed by atoms with Crippen molar-refractivity contribution in [3.05, 3.63) is 26.6 Å². The maximum absolute atomic E-state index is 5.69. The fraction of sp³-hybridized carbons (Fsp3) is 0.538. The van der Waals surface area contributed by atoms with Crippen LogP contribution in [0, 0.1) is 5.92 Å². The highest BCUT2D eigenvalue weighted by Gasteiger charge is 2.08. The van der Waals surface area contributed by atoms with Crippen molar-refractivity contribution in [2.75, 3.05) is 19.8 Å². The highest BCUT2D eigenvalue weighted by atomic mass is 79.9. The minimum absolute atomic E-state index is 0.509. The van der Waals surface area contributed by atoms with Crippen molar-refractivity contribution in [1.82, 2.24) is 0 Å². The second-order valence-electron chi connectivity index (χ2n) is 4.41. The third-order valence-corrected chi connectivity index (χ3v) is 3.40. The Morgan fingerprint density at radius 1 is 1.17 bits per heavy atom. The van der Waals surface area contributed by atoms with E-state index in [1.54, 1.807) is 0 Å². The number of halogens is 2. The van der Waals surface area contributed by atoms with Crippen LogP contribution in [0.5, 0.6) is 5.75 Å². The van der Waals surface area contributed by atoms with Crippen molar-refractivity contribution >= 4 is 31.9 Å². The van der Waals surface area contributed by atoms with E-state index in [0.29, 0.717) is 25.7 Å². The van der Waals surface area contributed by atoms with E-state index in [4.69, 9.17) is 15.2 Å². The molecule has 1 aromatic carbocycles. The first-order valence-corrected chi connectivity index (χ1v) is 7.51. The van der Waals surface area contributed by atoms with Crippen LogP contribution in [-0.2, 0) is 11.3 Å². The molecule has 0 unspecified atom stereocenters. The molecule has 3 nitrogen and oxygen atoms in total. The highest BCUT2D eigenvalue weighted by molar-refractivity contribution is 9.11. The Balaban J connectivity index is 2.47. The van der Waals surface area contributed by atoms with Crippen molar-refractivity contribution in [3.63, 3.8) is 0 Å². The average Bonchev–Trinajstić information content (AvgIpc) is 2.31. The van der Waals surface area contributed by atoms with Gasteiger partial charge in [0.2, 0.25) is 0 Å². The summed E-state index contributed by atoms with van der Waals surface area (Å²) in [7, 11) is 0. The fourth-order valence-corrected chi connectivity index (χ4v) is 2.90. The van der Waals surface area contributed by atoms with Gasteiger partial charge in [0.25, 0.3) is 0 Å². The van der Waals surface area contributed by atoms with Gasteiger partial charge in [-0.1, -0.05) is 13.8 Å². The van der Waals surface area contributed by atoms with Gasteiger partial charge in [0.1, 0.15) is 12.4 Å². The number of nitrogens with two attached hydrogens (primary N) is 1. The molecule has 0 fully saturated rings. The van der Waals surface area contributed by atoms with Crippen molar-refractivity contribution in [2.24, 2.45) is 11.7 Å². The first-order chi connectivity index (χ1) is 8.54. The molecule has 0 aliphatic carbocycles. The SMILES string of the molecule is CC(C)COCCOc1c(Br)cc(CN)cc1Br. The van der Waals surface area contributed by atoms with E-state index >= 15 is 0 Å². The Kier molecular flexibility index (Phi) is 7.22. The molecule has 0 radical (unpaired) electrons. The topological polar surface area (TPSA) is 44.5 Å². The van der Waals surface area contributed by atoms with Gasteiger partial charge in [-0.05, 0) is 55.5 Å². The molecule has 0 saturated heterocycles. The Bertz CT molecular complexity index is 360. The minimum atomic E-state index is 0.509. The van der Waals surface area contributed by atoms with Gasteiger partial charge >= 0.3 is 0 Å². The molecule has 2 N–H and O–H groups in total. The first kappa shape index (κ1) is 16.0. The van der Waals surface area contributed by atoms with Gasteiger partial charge < -0.3 is 15.2 Å². The van der Waals surface area contributed by atoms with Crippen molar-refractivity contribution < 1.29 is 9.47 Å². The number of benzene rings is 1. The van der Waals surface area contributed by atoms with Gasteiger partial charge in [0.05, 0.1) is 15.6 Å². The molecule has 0 saturated carbocycles. The molecular weight excluding hydrogens is 362 g/mol. The van der Waals surface area contributed by atoms with Gasteiger partial charge in [-0.3, -0.25) is 0 Å². The monoisotopic (exact) mass is 379 g/mol. The van der Waals surface area contributed by atoms with E-state index in [2.05, 4.69) is 45.7 Å². The lowest BCUT2D eigenvalue weighted by Gasteiger charge is -2.12. The molecule has 0 amide bonds. The summed E-state index contributed by atoms with van der Waals surface area (Å²) in [5, 5.41) is 0. The summed E-state index contributed by atoms with van der Waals surface area (Å²) in [6.45, 7) is 6.65. The maximum atomic E-state index is 5.69. The van der Waals surface area contributed by atoms with E-state index in [-0.39, 0.29) is 0 Å². The summed E-state index contributed by atoms with van der Waals surface area (Å²) in [5.74, 6) is 1.34. The zero-order valence-corrected chi connectivity index (χ0v) is 13.9. The van der Waals surface area contributed by atoms with Crippen LogP contribution in [0.4, 0.5) is 0 Å². The Labute approximate surface area is 125 Å². The zero-order chi connectivity index (χ0) is 13.5. The van der Waals surface area contributed by atoms with Gasteiger partial charge in [-0.25, -0.2) is 0 Å². The number of rotatable bonds is 7. The lowest BCUT2D eigenvalue weighted by Crippen LogP contribution is -2.10. The van der Waals surface area contributed by atoms with Gasteiger partial charge in [0, 0.05) is 13.2 Å². The summed E-state index contributed by atoms with van der Waals surface area (Å²) in [5.41, 5.74) is 6.66. The Morgan fingerprint density at radius 3 is 2.28 bits per heavy atom. The van der Waals surface area contributed by atoms with E-state index in [0.717, 1.165) is 26.9 Å². The predicted octanol–water partition coefficient (Wildman–Crippen LogP) is 3.72. The van der Waals surface area contributed by atoms with Crippen LogP contribution in [0.25, 0.3) is 0 Å². The number of hydrogen-bond acceptors (Lipinski definition) is 3. The molecular formula is C13H19Br2NO2. The maximum Gasteiger partial charge on any atom is 0.147 e. The molecule has 1 rings (SSSR count). The number of ether oxygens (including phenoxy) is 2. The molecule has 102 valence electrons. The summed E-state index contributed by atoms with van der Waals surface area (Å²) >= 11 is 6.96. The van der Waals surface area contributed by atoms with Gasteiger partial charge in [-0.15, -0.1) is 0 Å². The van der Waals surface area contributed by atoms with Crippen molar-refractivity contribution in [2.45, 2.75) is 20.4 Å². The summed E-state index contributed by atoms with van der Waals surface area (Å²) in [6.07, 6.45) is 0. The van der Waals surface area contributed by atoms with Crippen LogP contribution in [0.2, 0.25) is 0 Å². The zero-order valence-electron chi connectivity index (χ0n) is 10.7.